The third-order valence-corrected chi connectivity index (χ3v) is 5.58. The van der Waals surface area contributed by atoms with Gasteiger partial charge in [0.1, 0.15) is 5.25 Å². The number of esters is 1. The van der Waals surface area contributed by atoms with Gasteiger partial charge in [-0.15, -0.1) is 11.8 Å². The Morgan fingerprint density at radius 2 is 1.41 bits per heavy atom. The van der Waals surface area contributed by atoms with Crippen LogP contribution < -0.4 is 0 Å². The largest absolute Gasteiger partial charge is 0.454 e. The minimum Gasteiger partial charge on any atom is -0.454 e. The molecule has 0 saturated carbocycles. The van der Waals surface area contributed by atoms with Crippen molar-refractivity contribution in [3.63, 3.8) is 0 Å². The number of carbonyl (C=O) groups excluding carboxylic acids is 2. The lowest BCUT2D eigenvalue weighted by molar-refractivity contribution is -0.151. The lowest BCUT2D eigenvalue weighted by Crippen LogP contribution is -2.31. The standard InChI is InChI=1S/C24H23NO3S/c1-25(17-19-11-5-2-6-12-19)22(26)18-28-24(27)23(20-13-7-3-8-14-20)29-21-15-9-4-10-16-21/h2-16,23H,17-18H2,1H3/t23-/m1/s1. The highest BCUT2D eigenvalue weighted by Crippen LogP contribution is 2.36. The van der Waals surface area contributed by atoms with Crippen LogP contribution in [0.25, 0.3) is 0 Å². The highest BCUT2D eigenvalue weighted by Gasteiger charge is 2.25. The van der Waals surface area contributed by atoms with Gasteiger partial charge in [0.05, 0.1) is 0 Å². The van der Waals surface area contributed by atoms with E-state index in [4.69, 9.17) is 4.74 Å². The molecule has 0 unspecified atom stereocenters. The number of likely N-dealkylation sites (N-methyl/N-ethyl adjacent to an activating group) is 1. The molecule has 0 N–H and O–H groups in total. The number of nitrogens with zero attached hydrogens (tertiary/aromatic N) is 1. The zero-order valence-corrected chi connectivity index (χ0v) is 17.0. The number of rotatable bonds is 8. The Morgan fingerprint density at radius 1 is 0.862 bits per heavy atom. The van der Waals surface area contributed by atoms with E-state index in [0.717, 1.165) is 16.0 Å². The average Bonchev–Trinajstić information content (AvgIpc) is 2.77. The molecule has 0 fully saturated rings. The second-order valence-electron chi connectivity index (χ2n) is 6.56. The Kier molecular flexibility index (Phi) is 7.47. The molecule has 0 aliphatic rings. The second kappa shape index (κ2) is 10.5. The lowest BCUT2D eigenvalue weighted by Gasteiger charge is -2.19. The minimum absolute atomic E-state index is 0.237. The van der Waals surface area contributed by atoms with Crippen LogP contribution in [-0.4, -0.2) is 30.4 Å². The molecule has 0 aliphatic heterocycles. The van der Waals surface area contributed by atoms with Crippen molar-refractivity contribution < 1.29 is 14.3 Å². The minimum atomic E-state index is -0.536. The predicted molar refractivity (Wildman–Crippen MR) is 115 cm³/mol. The third kappa shape index (κ3) is 6.22. The number of benzene rings is 3. The van der Waals surface area contributed by atoms with Crippen molar-refractivity contribution >= 4 is 23.6 Å². The average molecular weight is 406 g/mol. The first-order chi connectivity index (χ1) is 14.1. The molecule has 0 heterocycles. The van der Waals surface area contributed by atoms with E-state index in [2.05, 4.69) is 0 Å². The number of amides is 1. The van der Waals surface area contributed by atoms with E-state index in [1.165, 1.54) is 11.8 Å². The highest BCUT2D eigenvalue weighted by molar-refractivity contribution is 8.00. The molecule has 0 aliphatic carbocycles. The number of ether oxygens (including phenoxy) is 1. The molecule has 0 radical (unpaired) electrons. The fraction of sp³-hybridized carbons (Fsp3) is 0.167. The SMILES string of the molecule is CN(Cc1ccccc1)C(=O)COC(=O)[C@H](Sc1ccccc1)c1ccccc1. The monoisotopic (exact) mass is 405 g/mol. The molecule has 5 heteroatoms. The van der Waals surface area contributed by atoms with Crippen molar-refractivity contribution in [1.82, 2.24) is 4.90 Å². The first-order valence-electron chi connectivity index (χ1n) is 9.34. The molecule has 0 aromatic heterocycles. The van der Waals surface area contributed by atoms with Gasteiger partial charge in [0, 0.05) is 18.5 Å². The molecule has 29 heavy (non-hydrogen) atoms. The van der Waals surface area contributed by atoms with Gasteiger partial charge in [0.2, 0.25) is 0 Å². The summed E-state index contributed by atoms with van der Waals surface area (Å²) in [4.78, 5) is 27.8. The van der Waals surface area contributed by atoms with Crippen LogP contribution in [0.15, 0.2) is 95.9 Å². The van der Waals surface area contributed by atoms with Crippen LogP contribution in [0.5, 0.6) is 0 Å². The van der Waals surface area contributed by atoms with E-state index in [0.29, 0.717) is 6.54 Å². The number of hydrogen-bond donors (Lipinski definition) is 0. The molecule has 3 aromatic carbocycles. The first kappa shape index (κ1) is 20.7. The normalized spacial score (nSPS) is 11.5. The van der Waals surface area contributed by atoms with Gasteiger partial charge in [-0.25, -0.2) is 0 Å². The summed E-state index contributed by atoms with van der Waals surface area (Å²) in [5.41, 5.74) is 1.87. The van der Waals surface area contributed by atoms with E-state index < -0.39 is 11.2 Å². The Morgan fingerprint density at radius 3 is 2.03 bits per heavy atom. The van der Waals surface area contributed by atoms with Crippen LogP contribution in [0.4, 0.5) is 0 Å². The summed E-state index contributed by atoms with van der Waals surface area (Å²) < 4.78 is 5.40. The van der Waals surface area contributed by atoms with Gasteiger partial charge < -0.3 is 9.64 Å². The summed E-state index contributed by atoms with van der Waals surface area (Å²) in [5, 5.41) is -0.536. The van der Waals surface area contributed by atoms with E-state index in [1.807, 2.05) is 91.0 Å². The van der Waals surface area contributed by atoms with E-state index in [9.17, 15) is 9.59 Å². The molecule has 1 atom stereocenters. The topological polar surface area (TPSA) is 46.6 Å². The predicted octanol–water partition coefficient (Wildman–Crippen LogP) is 4.72. The van der Waals surface area contributed by atoms with Crippen LogP contribution in [-0.2, 0) is 20.9 Å². The smallest absolute Gasteiger partial charge is 0.324 e. The van der Waals surface area contributed by atoms with E-state index in [-0.39, 0.29) is 12.5 Å². The van der Waals surface area contributed by atoms with Gasteiger partial charge in [0.25, 0.3) is 5.91 Å². The molecule has 1 amide bonds. The Balaban J connectivity index is 1.62. The maximum absolute atomic E-state index is 12.8. The molecular weight excluding hydrogens is 382 g/mol. The Labute approximate surface area is 175 Å². The summed E-state index contributed by atoms with van der Waals surface area (Å²) >= 11 is 1.41. The molecule has 0 bridgehead atoms. The number of carbonyl (C=O) groups is 2. The van der Waals surface area contributed by atoms with E-state index in [1.54, 1.807) is 11.9 Å². The van der Waals surface area contributed by atoms with Crippen molar-refractivity contribution in [2.45, 2.75) is 16.7 Å². The zero-order chi connectivity index (χ0) is 20.5. The summed E-state index contributed by atoms with van der Waals surface area (Å²) in [6.45, 7) is 0.193. The maximum atomic E-state index is 12.8. The number of thioether (sulfide) groups is 1. The van der Waals surface area contributed by atoms with Gasteiger partial charge >= 0.3 is 5.97 Å². The molecule has 3 aromatic rings. The van der Waals surface area contributed by atoms with Gasteiger partial charge in [-0.2, -0.15) is 0 Å². The van der Waals surface area contributed by atoms with Crippen LogP contribution in [0, 0.1) is 0 Å². The van der Waals surface area contributed by atoms with Crippen molar-refractivity contribution in [2.75, 3.05) is 13.7 Å². The van der Waals surface area contributed by atoms with E-state index >= 15 is 0 Å². The highest BCUT2D eigenvalue weighted by atomic mass is 32.2. The number of hydrogen-bond acceptors (Lipinski definition) is 4. The quantitative estimate of drug-likeness (QED) is 0.402. The molecule has 0 spiro atoms. The molecule has 0 saturated heterocycles. The van der Waals surface area contributed by atoms with Crippen LogP contribution >= 0.6 is 11.8 Å². The zero-order valence-electron chi connectivity index (χ0n) is 16.2. The Hall–Kier alpha value is -3.05. The van der Waals surface area contributed by atoms with Crippen molar-refractivity contribution in [3.8, 4) is 0 Å². The second-order valence-corrected chi connectivity index (χ2v) is 7.74. The first-order valence-corrected chi connectivity index (χ1v) is 10.2. The fourth-order valence-corrected chi connectivity index (χ4v) is 3.82. The maximum Gasteiger partial charge on any atom is 0.324 e. The van der Waals surface area contributed by atoms with Gasteiger partial charge in [-0.3, -0.25) is 9.59 Å². The lowest BCUT2D eigenvalue weighted by atomic mass is 10.1. The van der Waals surface area contributed by atoms with Crippen LogP contribution in [0.2, 0.25) is 0 Å². The van der Waals surface area contributed by atoms with Crippen LogP contribution in [0.3, 0.4) is 0 Å². The molecular formula is C24H23NO3S. The molecule has 3 rings (SSSR count). The molecule has 4 nitrogen and oxygen atoms in total. The van der Waals surface area contributed by atoms with Crippen molar-refractivity contribution in [3.05, 3.63) is 102 Å². The summed E-state index contributed by atoms with van der Waals surface area (Å²) in [6.07, 6.45) is 0. The van der Waals surface area contributed by atoms with Gasteiger partial charge in [0.15, 0.2) is 6.61 Å². The van der Waals surface area contributed by atoms with Gasteiger partial charge in [-0.05, 0) is 23.3 Å². The fourth-order valence-electron chi connectivity index (χ4n) is 2.78. The molecule has 148 valence electrons. The third-order valence-electron chi connectivity index (χ3n) is 4.34. The summed E-state index contributed by atoms with van der Waals surface area (Å²) in [5.74, 6) is -0.662. The van der Waals surface area contributed by atoms with Gasteiger partial charge in [-0.1, -0.05) is 78.9 Å². The Bertz CT molecular complexity index is 917. The van der Waals surface area contributed by atoms with Crippen molar-refractivity contribution in [1.29, 1.82) is 0 Å². The van der Waals surface area contributed by atoms with Crippen LogP contribution in [0.1, 0.15) is 16.4 Å². The summed E-state index contributed by atoms with van der Waals surface area (Å²) in [7, 11) is 1.70. The summed E-state index contributed by atoms with van der Waals surface area (Å²) in [6, 6.07) is 28.9. The van der Waals surface area contributed by atoms with Crippen molar-refractivity contribution in [2.24, 2.45) is 0 Å².